The summed E-state index contributed by atoms with van der Waals surface area (Å²) in [4.78, 5) is 4.37. The summed E-state index contributed by atoms with van der Waals surface area (Å²) in [5.41, 5.74) is 4.58. The highest BCUT2D eigenvalue weighted by atomic mass is 32.1. The topological polar surface area (TPSA) is 31.4 Å². The third kappa shape index (κ3) is 1.92. The maximum atomic E-state index is 6.17. The van der Waals surface area contributed by atoms with Gasteiger partial charge < -0.3 is 9.31 Å². The van der Waals surface area contributed by atoms with Crippen LogP contribution in [-0.4, -0.2) is 23.3 Å². The van der Waals surface area contributed by atoms with Crippen LogP contribution in [0.5, 0.6) is 0 Å². The maximum absolute atomic E-state index is 6.17. The molecule has 3 nitrogen and oxygen atoms in total. The van der Waals surface area contributed by atoms with Gasteiger partial charge in [0.1, 0.15) is 0 Å². The average molecular weight is 275 g/mol. The minimum absolute atomic E-state index is 0.309. The van der Waals surface area contributed by atoms with Crippen LogP contribution in [0.15, 0.2) is 17.6 Å². The minimum Gasteiger partial charge on any atom is -0.399 e. The third-order valence-corrected chi connectivity index (χ3v) is 5.12. The predicted molar refractivity (Wildman–Crippen MR) is 80.1 cm³/mol. The normalized spacial score (nSPS) is 21.2. The molecule has 0 unspecified atom stereocenters. The summed E-state index contributed by atoms with van der Waals surface area (Å²) in [5.74, 6) is 0. The second kappa shape index (κ2) is 4.04. The number of fused-ring (bicyclic) bond motifs is 1. The van der Waals surface area contributed by atoms with E-state index in [-0.39, 0.29) is 18.3 Å². The van der Waals surface area contributed by atoms with Gasteiger partial charge in [-0.15, -0.1) is 11.3 Å². The van der Waals surface area contributed by atoms with Crippen molar-refractivity contribution < 1.29 is 9.31 Å². The first kappa shape index (κ1) is 13.1. The third-order valence-electron chi connectivity index (χ3n) is 4.24. The summed E-state index contributed by atoms with van der Waals surface area (Å²) < 4.78 is 13.5. The molecule has 0 amide bonds. The van der Waals surface area contributed by atoms with Crippen molar-refractivity contribution in [1.29, 1.82) is 0 Å². The molecule has 0 radical (unpaired) electrons. The van der Waals surface area contributed by atoms with E-state index in [0.717, 1.165) is 11.0 Å². The molecule has 0 spiro atoms. The largest absolute Gasteiger partial charge is 0.496 e. The molecule has 0 atom stereocenters. The lowest BCUT2D eigenvalue weighted by Crippen LogP contribution is -2.41. The van der Waals surface area contributed by atoms with E-state index in [1.54, 1.807) is 11.3 Å². The van der Waals surface area contributed by atoms with Gasteiger partial charge in [-0.3, -0.25) is 0 Å². The van der Waals surface area contributed by atoms with Crippen molar-refractivity contribution in [1.82, 2.24) is 4.98 Å². The van der Waals surface area contributed by atoms with Gasteiger partial charge >= 0.3 is 7.12 Å². The van der Waals surface area contributed by atoms with Crippen LogP contribution in [0.25, 0.3) is 10.2 Å². The monoisotopic (exact) mass is 275 g/mol. The van der Waals surface area contributed by atoms with Crippen LogP contribution < -0.4 is 5.46 Å². The fourth-order valence-corrected chi connectivity index (χ4v) is 3.20. The molecule has 3 rings (SSSR count). The van der Waals surface area contributed by atoms with Gasteiger partial charge in [0.2, 0.25) is 0 Å². The number of benzene rings is 1. The first-order valence-electron chi connectivity index (χ1n) is 6.50. The Kier molecular flexibility index (Phi) is 2.79. The number of hydrogen-bond donors (Lipinski definition) is 0. The Balaban J connectivity index is 2.12. The van der Waals surface area contributed by atoms with Crippen LogP contribution in [0, 0.1) is 6.92 Å². The number of thiazole rings is 1. The zero-order valence-electron chi connectivity index (χ0n) is 12.0. The molecule has 0 aliphatic carbocycles. The van der Waals surface area contributed by atoms with E-state index in [4.69, 9.17) is 9.31 Å². The van der Waals surface area contributed by atoms with Crippen molar-refractivity contribution in [2.75, 3.05) is 0 Å². The maximum Gasteiger partial charge on any atom is 0.496 e. The lowest BCUT2D eigenvalue weighted by atomic mass is 9.76. The Hall–Kier alpha value is -0.905. The standard InChI is InChI=1S/C14H18BNO2S/c1-9-6-7-10-12(19-8-16-10)11(9)15-17-13(2,3)14(4,5)18-15/h6-8H,1-5H3. The van der Waals surface area contributed by atoms with Crippen molar-refractivity contribution in [2.24, 2.45) is 0 Å². The van der Waals surface area contributed by atoms with E-state index in [2.05, 4.69) is 51.7 Å². The van der Waals surface area contributed by atoms with Gasteiger partial charge in [-0.2, -0.15) is 0 Å². The predicted octanol–water partition coefficient (Wildman–Crippen LogP) is 2.90. The van der Waals surface area contributed by atoms with E-state index >= 15 is 0 Å². The number of aryl methyl sites for hydroxylation is 1. The van der Waals surface area contributed by atoms with E-state index in [1.165, 1.54) is 10.3 Å². The van der Waals surface area contributed by atoms with E-state index < -0.39 is 0 Å². The molecule has 1 aromatic heterocycles. The molecule has 1 fully saturated rings. The van der Waals surface area contributed by atoms with Gasteiger partial charge in [-0.05, 0) is 46.2 Å². The SMILES string of the molecule is Cc1ccc2ncsc2c1B1OC(C)(C)C(C)(C)O1. The van der Waals surface area contributed by atoms with Crippen molar-refractivity contribution >= 4 is 34.1 Å². The van der Waals surface area contributed by atoms with Gasteiger partial charge in [-0.25, -0.2) is 4.98 Å². The van der Waals surface area contributed by atoms with Crippen LogP contribution in [0.1, 0.15) is 33.3 Å². The Bertz CT molecular complexity index is 619. The van der Waals surface area contributed by atoms with Crippen molar-refractivity contribution in [2.45, 2.75) is 45.8 Å². The zero-order valence-corrected chi connectivity index (χ0v) is 12.8. The second-order valence-corrected chi connectivity index (χ2v) is 6.94. The number of hydrogen-bond acceptors (Lipinski definition) is 4. The molecule has 0 saturated carbocycles. The van der Waals surface area contributed by atoms with Gasteiger partial charge in [0.15, 0.2) is 0 Å². The minimum atomic E-state index is -0.311. The lowest BCUT2D eigenvalue weighted by molar-refractivity contribution is 0.00578. The molecule has 1 aliphatic rings. The van der Waals surface area contributed by atoms with Crippen LogP contribution in [0.4, 0.5) is 0 Å². The zero-order chi connectivity index (χ0) is 13.8. The Morgan fingerprint density at radius 1 is 1.11 bits per heavy atom. The summed E-state index contributed by atoms with van der Waals surface area (Å²) >= 11 is 1.64. The summed E-state index contributed by atoms with van der Waals surface area (Å²) in [6, 6.07) is 4.14. The van der Waals surface area contributed by atoms with E-state index in [9.17, 15) is 0 Å². The molecule has 1 aliphatic heterocycles. The highest BCUT2D eigenvalue weighted by molar-refractivity contribution is 7.18. The van der Waals surface area contributed by atoms with Crippen molar-refractivity contribution in [3.63, 3.8) is 0 Å². The summed E-state index contributed by atoms with van der Waals surface area (Å²) in [6.45, 7) is 10.4. The fourth-order valence-electron chi connectivity index (χ4n) is 2.30. The molecule has 1 aromatic carbocycles. The molecular weight excluding hydrogens is 257 g/mol. The number of aromatic nitrogens is 1. The van der Waals surface area contributed by atoms with Gasteiger partial charge in [-0.1, -0.05) is 6.07 Å². The molecule has 19 heavy (non-hydrogen) atoms. The van der Waals surface area contributed by atoms with E-state index in [1.807, 2.05) is 5.51 Å². The van der Waals surface area contributed by atoms with Gasteiger partial charge in [0.25, 0.3) is 0 Å². The Morgan fingerprint density at radius 2 is 1.74 bits per heavy atom. The average Bonchev–Trinajstić information content (AvgIpc) is 2.81. The molecule has 0 bridgehead atoms. The second-order valence-electron chi connectivity index (χ2n) is 6.08. The smallest absolute Gasteiger partial charge is 0.399 e. The molecule has 100 valence electrons. The molecular formula is C14H18BNO2S. The quantitative estimate of drug-likeness (QED) is 0.750. The first-order chi connectivity index (χ1) is 8.82. The molecule has 5 heteroatoms. The fraction of sp³-hybridized carbons (Fsp3) is 0.500. The first-order valence-corrected chi connectivity index (χ1v) is 7.38. The molecule has 2 aromatic rings. The summed E-state index contributed by atoms with van der Waals surface area (Å²) in [5, 5.41) is 0. The number of rotatable bonds is 1. The van der Waals surface area contributed by atoms with Gasteiger partial charge in [0, 0.05) is 5.46 Å². The Morgan fingerprint density at radius 3 is 2.37 bits per heavy atom. The van der Waals surface area contributed by atoms with E-state index in [0.29, 0.717) is 0 Å². The lowest BCUT2D eigenvalue weighted by Gasteiger charge is -2.32. The van der Waals surface area contributed by atoms with Crippen LogP contribution >= 0.6 is 11.3 Å². The van der Waals surface area contributed by atoms with Crippen LogP contribution in [0.2, 0.25) is 0 Å². The molecule has 2 heterocycles. The van der Waals surface area contributed by atoms with Crippen LogP contribution in [-0.2, 0) is 9.31 Å². The Labute approximate surface area is 118 Å². The molecule has 0 N–H and O–H groups in total. The van der Waals surface area contributed by atoms with Crippen molar-refractivity contribution in [3.05, 3.63) is 23.2 Å². The summed E-state index contributed by atoms with van der Waals surface area (Å²) in [6.07, 6.45) is 0. The highest BCUT2D eigenvalue weighted by Gasteiger charge is 2.52. The highest BCUT2D eigenvalue weighted by Crippen LogP contribution is 2.37. The van der Waals surface area contributed by atoms with Crippen molar-refractivity contribution in [3.8, 4) is 0 Å². The molecule has 1 saturated heterocycles. The van der Waals surface area contributed by atoms with Crippen LogP contribution in [0.3, 0.4) is 0 Å². The van der Waals surface area contributed by atoms with Gasteiger partial charge in [0.05, 0.1) is 26.9 Å². The number of nitrogens with zero attached hydrogens (tertiary/aromatic N) is 1. The summed E-state index contributed by atoms with van der Waals surface area (Å²) in [7, 11) is -0.311.